The molecule has 0 saturated heterocycles. The van der Waals surface area contributed by atoms with E-state index in [9.17, 15) is 14.0 Å². The number of rotatable bonds is 9. The molecule has 0 fully saturated rings. The number of ether oxygens (including phenoxy) is 1. The Morgan fingerprint density at radius 3 is 2.51 bits per heavy atom. The SMILES string of the molecule is CC1(Cc2ccc(F)cc2)Cc2cc(CC(=O)N(CCC(=O)O)Cc3cccc(Cl)c3)ccc2O1. The molecule has 0 saturated carbocycles. The second kappa shape index (κ2) is 10.5. The maximum Gasteiger partial charge on any atom is 0.305 e. The molecule has 0 radical (unpaired) electrons. The maximum atomic E-state index is 13.2. The Bertz CT molecular complexity index is 1230. The Hall–Kier alpha value is -3.38. The van der Waals surface area contributed by atoms with Gasteiger partial charge in [0.1, 0.15) is 17.2 Å². The van der Waals surface area contributed by atoms with Gasteiger partial charge in [0.25, 0.3) is 0 Å². The summed E-state index contributed by atoms with van der Waals surface area (Å²) in [5.41, 5.74) is 3.24. The number of hydrogen-bond donors (Lipinski definition) is 1. The summed E-state index contributed by atoms with van der Waals surface area (Å²) in [4.78, 5) is 25.8. The third-order valence-corrected chi connectivity index (χ3v) is 6.34. The first-order chi connectivity index (χ1) is 16.7. The van der Waals surface area contributed by atoms with E-state index in [0.717, 1.165) is 28.0 Å². The Kier molecular flexibility index (Phi) is 7.41. The molecule has 5 nitrogen and oxygen atoms in total. The maximum absolute atomic E-state index is 13.2. The molecule has 4 rings (SSSR count). The third-order valence-electron chi connectivity index (χ3n) is 6.10. The number of hydrogen-bond acceptors (Lipinski definition) is 3. The fourth-order valence-electron chi connectivity index (χ4n) is 4.48. The molecule has 0 bridgehead atoms. The zero-order valence-corrected chi connectivity index (χ0v) is 20.2. The van der Waals surface area contributed by atoms with Crippen molar-refractivity contribution in [2.24, 2.45) is 0 Å². The molecule has 7 heteroatoms. The van der Waals surface area contributed by atoms with Gasteiger partial charge in [-0.1, -0.05) is 48.0 Å². The molecule has 3 aromatic rings. The van der Waals surface area contributed by atoms with Gasteiger partial charge in [-0.25, -0.2) is 4.39 Å². The lowest BCUT2D eigenvalue weighted by Crippen LogP contribution is -2.33. The van der Waals surface area contributed by atoms with Crippen molar-refractivity contribution in [1.82, 2.24) is 4.90 Å². The molecule has 1 aliphatic heterocycles. The van der Waals surface area contributed by atoms with Gasteiger partial charge in [-0.2, -0.15) is 0 Å². The van der Waals surface area contributed by atoms with Crippen molar-refractivity contribution in [2.45, 2.75) is 44.8 Å². The van der Waals surface area contributed by atoms with E-state index in [4.69, 9.17) is 21.4 Å². The van der Waals surface area contributed by atoms with E-state index < -0.39 is 11.6 Å². The lowest BCUT2D eigenvalue weighted by atomic mass is 9.91. The molecule has 0 aromatic heterocycles. The zero-order chi connectivity index (χ0) is 25.0. The monoisotopic (exact) mass is 495 g/mol. The number of benzene rings is 3. The predicted octanol–water partition coefficient (Wildman–Crippen LogP) is 5.46. The largest absolute Gasteiger partial charge is 0.487 e. The third kappa shape index (κ3) is 6.61. The van der Waals surface area contributed by atoms with E-state index in [2.05, 4.69) is 0 Å². The standard InChI is InChI=1S/C28H27ClFNO4/c1-28(16-19-5-8-24(30)9-6-19)17-22-13-20(7-10-25(22)35-28)15-26(32)31(12-11-27(33)34)18-21-3-2-4-23(29)14-21/h2-10,13-14H,11-12,15-18H2,1H3,(H,33,34). The van der Waals surface area contributed by atoms with E-state index in [1.165, 1.54) is 12.1 Å². The van der Waals surface area contributed by atoms with Gasteiger partial charge in [0.05, 0.1) is 12.8 Å². The molecule has 1 amide bonds. The van der Waals surface area contributed by atoms with Gasteiger partial charge in [0.2, 0.25) is 5.91 Å². The van der Waals surface area contributed by atoms with Crippen LogP contribution in [0.5, 0.6) is 5.75 Å². The summed E-state index contributed by atoms with van der Waals surface area (Å²) in [7, 11) is 0. The highest BCUT2D eigenvalue weighted by molar-refractivity contribution is 6.30. The Labute approximate surface area is 209 Å². The first-order valence-electron chi connectivity index (χ1n) is 11.5. The van der Waals surface area contributed by atoms with Crippen molar-refractivity contribution < 1.29 is 23.8 Å². The van der Waals surface area contributed by atoms with Crippen LogP contribution in [0.4, 0.5) is 4.39 Å². The average molecular weight is 496 g/mol. The van der Waals surface area contributed by atoms with Crippen molar-refractivity contribution in [3.63, 3.8) is 0 Å². The van der Waals surface area contributed by atoms with Crippen LogP contribution in [-0.4, -0.2) is 34.0 Å². The number of amides is 1. The van der Waals surface area contributed by atoms with E-state index in [-0.39, 0.29) is 37.7 Å². The van der Waals surface area contributed by atoms with Gasteiger partial charge in [-0.3, -0.25) is 9.59 Å². The van der Waals surface area contributed by atoms with Crippen molar-refractivity contribution in [3.05, 3.63) is 99.8 Å². The minimum Gasteiger partial charge on any atom is -0.487 e. The summed E-state index contributed by atoms with van der Waals surface area (Å²) in [6.45, 7) is 2.43. The molecule has 182 valence electrons. The van der Waals surface area contributed by atoms with E-state index in [0.29, 0.717) is 17.9 Å². The summed E-state index contributed by atoms with van der Waals surface area (Å²) >= 11 is 6.07. The van der Waals surface area contributed by atoms with Crippen molar-refractivity contribution in [1.29, 1.82) is 0 Å². The quantitative estimate of drug-likeness (QED) is 0.428. The smallest absolute Gasteiger partial charge is 0.305 e. The summed E-state index contributed by atoms with van der Waals surface area (Å²) in [6, 6.07) is 19.4. The normalized spacial score (nSPS) is 16.4. The highest BCUT2D eigenvalue weighted by Crippen LogP contribution is 2.37. The Morgan fingerprint density at radius 1 is 1.06 bits per heavy atom. The molecule has 1 unspecified atom stereocenters. The fourth-order valence-corrected chi connectivity index (χ4v) is 4.70. The number of nitrogens with zero attached hydrogens (tertiary/aromatic N) is 1. The van der Waals surface area contributed by atoms with E-state index >= 15 is 0 Å². The van der Waals surface area contributed by atoms with Crippen LogP contribution in [0.1, 0.15) is 35.6 Å². The lowest BCUT2D eigenvalue weighted by molar-refractivity contribution is -0.138. The van der Waals surface area contributed by atoms with Gasteiger partial charge >= 0.3 is 5.97 Å². The number of carboxylic acids is 1. The minimum absolute atomic E-state index is 0.116. The van der Waals surface area contributed by atoms with Crippen LogP contribution in [0, 0.1) is 5.82 Å². The van der Waals surface area contributed by atoms with Crippen molar-refractivity contribution >= 4 is 23.5 Å². The average Bonchev–Trinajstić information content (AvgIpc) is 3.13. The molecular weight excluding hydrogens is 469 g/mol. The molecule has 1 aliphatic rings. The van der Waals surface area contributed by atoms with Crippen LogP contribution in [0.15, 0.2) is 66.7 Å². The number of fused-ring (bicyclic) bond motifs is 1. The van der Waals surface area contributed by atoms with Gasteiger partial charge in [-0.05, 0) is 59.5 Å². The van der Waals surface area contributed by atoms with Crippen LogP contribution in [-0.2, 0) is 35.4 Å². The van der Waals surface area contributed by atoms with Crippen LogP contribution in [0.2, 0.25) is 5.02 Å². The second-order valence-corrected chi connectivity index (χ2v) is 9.68. The van der Waals surface area contributed by atoms with Crippen molar-refractivity contribution in [2.75, 3.05) is 6.54 Å². The number of halogens is 2. The summed E-state index contributed by atoms with van der Waals surface area (Å²) in [5, 5.41) is 9.69. The molecule has 3 aromatic carbocycles. The molecular formula is C28H27ClFNO4. The van der Waals surface area contributed by atoms with Gasteiger partial charge < -0.3 is 14.7 Å². The van der Waals surface area contributed by atoms with Crippen LogP contribution >= 0.6 is 11.6 Å². The van der Waals surface area contributed by atoms with E-state index in [1.54, 1.807) is 35.2 Å². The molecule has 1 N–H and O–H groups in total. The number of carbonyl (C=O) groups is 2. The Balaban J connectivity index is 1.45. The molecule has 0 aliphatic carbocycles. The predicted molar refractivity (Wildman–Crippen MR) is 132 cm³/mol. The lowest BCUT2D eigenvalue weighted by Gasteiger charge is -2.24. The van der Waals surface area contributed by atoms with Gasteiger partial charge in [-0.15, -0.1) is 0 Å². The number of carboxylic acid groups (broad SMARTS) is 1. The van der Waals surface area contributed by atoms with Crippen LogP contribution < -0.4 is 4.74 Å². The first kappa shape index (κ1) is 24.7. The molecule has 1 atom stereocenters. The molecule has 35 heavy (non-hydrogen) atoms. The highest BCUT2D eigenvalue weighted by atomic mass is 35.5. The summed E-state index contributed by atoms with van der Waals surface area (Å²) in [6.07, 6.45) is 1.33. The van der Waals surface area contributed by atoms with Crippen LogP contribution in [0.3, 0.4) is 0 Å². The van der Waals surface area contributed by atoms with Gasteiger partial charge in [0, 0.05) is 31.0 Å². The summed E-state index contributed by atoms with van der Waals surface area (Å²) in [5.74, 6) is -0.591. The van der Waals surface area contributed by atoms with Gasteiger partial charge in [0.15, 0.2) is 0 Å². The van der Waals surface area contributed by atoms with E-state index in [1.807, 2.05) is 31.2 Å². The Morgan fingerprint density at radius 2 is 1.80 bits per heavy atom. The fraction of sp³-hybridized carbons (Fsp3) is 0.286. The molecule has 0 spiro atoms. The topological polar surface area (TPSA) is 66.8 Å². The first-order valence-corrected chi connectivity index (χ1v) is 11.9. The summed E-state index contributed by atoms with van der Waals surface area (Å²) < 4.78 is 19.5. The highest BCUT2D eigenvalue weighted by Gasteiger charge is 2.35. The molecule has 1 heterocycles. The zero-order valence-electron chi connectivity index (χ0n) is 19.5. The second-order valence-electron chi connectivity index (χ2n) is 9.24. The number of aliphatic carboxylic acids is 1. The van der Waals surface area contributed by atoms with Crippen molar-refractivity contribution in [3.8, 4) is 5.75 Å². The number of carbonyl (C=O) groups excluding carboxylic acids is 1. The van der Waals surface area contributed by atoms with Crippen LogP contribution in [0.25, 0.3) is 0 Å². The minimum atomic E-state index is -0.955.